The number of carbonyl (C=O) groups is 1. The maximum absolute atomic E-state index is 11.8. The van der Waals surface area contributed by atoms with Crippen molar-refractivity contribution in [2.24, 2.45) is 0 Å². The monoisotopic (exact) mass is 279 g/mol. The Morgan fingerprint density at radius 3 is 2.58 bits per heavy atom. The first kappa shape index (κ1) is 14.7. The maximum Gasteiger partial charge on any atom is 0.405 e. The molecule has 0 saturated carbocycles. The summed E-state index contributed by atoms with van der Waals surface area (Å²) in [5, 5.41) is 12.0. The van der Waals surface area contributed by atoms with Crippen LogP contribution in [0.25, 0.3) is 0 Å². The first-order valence-electron chi connectivity index (χ1n) is 4.87. The van der Waals surface area contributed by atoms with Crippen molar-refractivity contribution in [3.8, 4) is 0 Å². The van der Waals surface area contributed by atoms with Gasteiger partial charge >= 0.3 is 6.18 Å². The second-order valence-electron chi connectivity index (χ2n) is 3.50. The van der Waals surface area contributed by atoms with Gasteiger partial charge in [-0.05, 0) is 0 Å². The second kappa shape index (κ2) is 5.50. The Labute approximate surface area is 103 Å². The predicted molar refractivity (Wildman–Crippen MR) is 56.4 cm³/mol. The van der Waals surface area contributed by atoms with Crippen LogP contribution in [-0.2, 0) is 11.3 Å². The topological polar surface area (TPSA) is 94.2 Å². The van der Waals surface area contributed by atoms with E-state index in [0.717, 1.165) is 18.3 Å². The highest BCUT2D eigenvalue weighted by atomic mass is 19.4. The number of halogens is 3. The highest BCUT2D eigenvalue weighted by Crippen LogP contribution is 2.12. The number of nitro groups is 1. The fourth-order valence-electron chi connectivity index (χ4n) is 1.16. The molecule has 0 fully saturated rings. The van der Waals surface area contributed by atoms with Crippen LogP contribution in [0.15, 0.2) is 23.1 Å². The zero-order valence-electron chi connectivity index (χ0n) is 9.31. The average molecular weight is 279 g/mol. The summed E-state index contributed by atoms with van der Waals surface area (Å²) in [6.07, 6.45) is -3.78. The fraction of sp³-hybridized carbons (Fsp3) is 0.333. The van der Waals surface area contributed by atoms with Crippen molar-refractivity contribution in [2.75, 3.05) is 6.54 Å². The highest BCUT2D eigenvalue weighted by Gasteiger charge is 2.27. The van der Waals surface area contributed by atoms with Crippen LogP contribution in [0, 0.1) is 10.1 Å². The predicted octanol–water partition coefficient (Wildman–Crippen LogP) is 0.435. The Morgan fingerprint density at radius 1 is 1.42 bits per heavy atom. The molecule has 1 amide bonds. The molecule has 0 radical (unpaired) electrons. The summed E-state index contributed by atoms with van der Waals surface area (Å²) >= 11 is 0. The molecule has 1 N–H and O–H groups in total. The Morgan fingerprint density at radius 2 is 2.05 bits per heavy atom. The number of rotatable bonds is 4. The van der Waals surface area contributed by atoms with E-state index in [1.165, 1.54) is 0 Å². The van der Waals surface area contributed by atoms with Gasteiger partial charge in [0.2, 0.25) is 5.91 Å². The number of pyridine rings is 1. The van der Waals surface area contributed by atoms with Crippen LogP contribution < -0.4 is 10.9 Å². The molecule has 1 rings (SSSR count). The van der Waals surface area contributed by atoms with Crippen LogP contribution in [0.2, 0.25) is 0 Å². The lowest BCUT2D eigenvalue weighted by Gasteiger charge is -2.09. The molecule has 0 spiro atoms. The molecule has 1 aromatic rings. The minimum atomic E-state index is -4.57. The van der Waals surface area contributed by atoms with Gasteiger partial charge in [-0.2, -0.15) is 13.2 Å². The zero-order valence-corrected chi connectivity index (χ0v) is 9.31. The molecule has 0 aliphatic carbocycles. The summed E-state index contributed by atoms with van der Waals surface area (Å²) in [7, 11) is 0. The van der Waals surface area contributed by atoms with Crippen molar-refractivity contribution in [3.05, 3.63) is 38.8 Å². The van der Waals surface area contributed by atoms with Crippen LogP contribution in [0.3, 0.4) is 0 Å². The van der Waals surface area contributed by atoms with Crippen LogP contribution in [0.5, 0.6) is 0 Å². The van der Waals surface area contributed by atoms with Crippen molar-refractivity contribution in [1.29, 1.82) is 0 Å². The van der Waals surface area contributed by atoms with Gasteiger partial charge in [0.1, 0.15) is 13.1 Å². The SMILES string of the molecule is O=C(Cn1cc([N+](=O)[O-])ccc1=O)NCC(F)(F)F. The van der Waals surface area contributed by atoms with Gasteiger partial charge in [0.05, 0.1) is 11.1 Å². The molecular formula is C9H8F3N3O4. The Balaban J connectivity index is 2.76. The molecule has 7 nitrogen and oxygen atoms in total. The first-order valence-corrected chi connectivity index (χ1v) is 4.87. The highest BCUT2D eigenvalue weighted by molar-refractivity contribution is 5.75. The third-order valence-electron chi connectivity index (χ3n) is 1.98. The Hall–Kier alpha value is -2.39. The first-order chi connectivity index (χ1) is 8.69. The minimum Gasteiger partial charge on any atom is -0.345 e. The Kier molecular flexibility index (Phi) is 4.25. The normalized spacial score (nSPS) is 11.1. The lowest BCUT2D eigenvalue weighted by molar-refractivity contribution is -0.385. The van der Waals surface area contributed by atoms with Gasteiger partial charge in [-0.15, -0.1) is 0 Å². The van der Waals surface area contributed by atoms with Crippen molar-refractivity contribution < 1.29 is 22.9 Å². The van der Waals surface area contributed by atoms with Gasteiger partial charge < -0.3 is 5.32 Å². The van der Waals surface area contributed by atoms with E-state index in [1.807, 2.05) is 0 Å². The number of hydrogen-bond acceptors (Lipinski definition) is 4. The molecule has 104 valence electrons. The average Bonchev–Trinajstić information content (AvgIpc) is 2.28. The number of aromatic nitrogens is 1. The van der Waals surface area contributed by atoms with Gasteiger partial charge in [-0.3, -0.25) is 24.3 Å². The maximum atomic E-state index is 11.8. The third-order valence-corrected chi connectivity index (χ3v) is 1.98. The summed E-state index contributed by atoms with van der Waals surface area (Å²) in [5.74, 6) is -1.07. The molecular weight excluding hydrogens is 271 g/mol. The number of carbonyl (C=O) groups excluding carboxylic acids is 1. The summed E-state index contributed by atoms with van der Waals surface area (Å²) in [6, 6.07) is 1.79. The summed E-state index contributed by atoms with van der Waals surface area (Å²) < 4.78 is 36.2. The number of hydrogen-bond donors (Lipinski definition) is 1. The van der Waals surface area contributed by atoms with Crippen LogP contribution in [0.1, 0.15) is 0 Å². The lowest BCUT2D eigenvalue weighted by atomic mass is 10.4. The fourth-order valence-corrected chi connectivity index (χ4v) is 1.16. The van der Waals surface area contributed by atoms with Crippen molar-refractivity contribution in [1.82, 2.24) is 9.88 Å². The lowest BCUT2D eigenvalue weighted by Crippen LogP contribution is -2.37. The molecule has 0 bridgehead atoms. The summed E-state index contributed by atoms with van der Waals surface area (Å²) in [6.45, 7) is -2.26. The van der Waals surface area contributed by atoms with Gasteiger partial charge in [0, 0.05) is 12.1 Å². The van der Waals surface area contributed by atoms with Crippen LogP contribution in [-0.4, -0.2) is 28.1 Å². The summed E-state index contributed by atoms with van der Waals surface area (Å²) in [4.78, 5) is 32.1. The Bertz CT molecular complexity index is 552. The van der Waals surface area contributed by atoms with E-state index in [9.17, 15) is 32.9 Å². The molecule has 0 atom stereocenters. The number of nitrogens with one attached hydrogen (secondary N) is 1. The summed E-state index contributed by atoms with van der Waals surface area (Å²) in [5.41, 5.74) is -1.17. The van der Waals surface area contributed by atoms with E-state index in [4.69, 9.17) is 0 Å². The van der Waals surface area contributed by atoms with Crippen molar-refractivity contribution in [2.45, 2.75) is 12.7 Å². The van der Waals surface area contributed by atoms with E-state index in [0.29, 0.717) is 4.57 Å². The number of nitrogens with zero attached hydrogens (tertiary/aromatic N) is 2. The van der Waals surface area contributed by atoms with E-state index >= 15 is 0 Å². The van der Waals surface area contributed by atoms with Crippen LogP contribution in [0.4, 0.5) is 18.9 Å². The standard InChI is InChI=1S/C9H8F3N3O4/c10-9(11,12)5-13-7(16)4-14-3-6(15(18)19)1-2-8(14)17/h1-3H,4-5H2,(H,13,16). The van der Waals surface area contributed by atoms with Gasteiger partial charge in [-0.1, -0.05) is 0 Å². The van der Waals surface area contributed by atoms with E-state index in [-0.39, 0.29) is 0 Å². The van der Waals surface area contributed by atoms with Gasteiger partial charge in [-0.25, -0.2) is 0 Å². The largest absolute Gasteiger partial charge is 0.405 e. The molecule has 0 saturated heterocycles. The third kappa shape index (κ3) is 4.77. The van der Waals surface area contributed by atoms with Crippen LogP contribution >= 0.6 is 0 Å². The minimum absolute atomic E-state index is 0.441. The van der Waals surface area contributed by atoms with E-state index in [1.54, 1.807) is 5.32 Å². The number of alkyl halides is 3. The molecule has 1 heterocycles. The second-order valence-corrected chi connectivity index (χ2v) is 3.50. The molecule has 1 aromatic heterocycles. The zero-order chi connectivity index (χ0) is 14.6. The van der Waals surface area contributed by atoms with Gasteiger partial charge in [0.25, 0.3) is 11.2 Å². The number of amides is 1. The smallest absolute Gasteiger partial charge is 0.345 e. The molecule has 0 aliphatic rings. The molecule has 0 aromatic carbocycles. The van der Waals surface area contributed by atoms with Crippen molar-refractivity contribution in [3.63, 3.8) is 0 Å². The molecule has 19 heavy (non-hydrogen) atoms. The van der Waals surface area contributed by atoms with E-state index < -0.39 is 41.3 Å². The van der Waals surface area contributed by atoms with Crippen molar-refractivity contribution >= 4 is 11.6 Å². The molecule has 0 aliphatic heterocycles. The van der Waals surface area contributed by atoms with E-state index in [2.05, 4.69) is 0 Å². The van der Waals surface area contributed by atoms with Gasteiger partial charge in [0.15, 0.2) is 0 Å². The quantitative estimate of drug-likeness (QED) is 0.639. The molecule has 10 heteroatoms. The molecule has 0 unspecified atom stereocenters.